The summed E-state index contributed by atoms with van der Waals surface area (Å²) in [6.45, 7) is 1.00. The fourth-order valence-corrected chi connectivity index (χ4v) is 6.88. The Labute approximate surface area is 200 Å². The van der Waals surface area contributed by atoms with Crippen molar-refractivity contribution in [2.75, 3.05) is 13.2 Å². The van der Waals surface area contributed by atoms with Gasteiger partial charge in [-0.15, -0.1) is 0 Å². The van der Waals surface area contributed by atoms with E-state index in [1.165, 1.54) is 22.4 Å². The number of halogens is 1. The van der Waals surface area contributed by atoms with Gasteiger partial charge in [0, 0.05) is 48.6 Å². The van der Waals surface area contributed by atoms with Crippen LogP contribution >= 0.6 is 0 Å². The van der Waals surface area contributed by atoms with Crippen LogP contribution in [0, 0.1) is 11.7 Å². The molecule has 0 spiro atoms. The van der Waals surface area contributed by atoms with Gasteiger partial charge < -0.3 is 9.64 Å². The van der Waals surface area contributed by atoms with Crippen LogP contribution in [0.5, 0.6) is 0 Å². The summed E-state index contributed by atoms with van der Waals surface area (Å²) in [6, 6.07) is 15.9. The molecule has 0 saturated carbocycles. The average Bonchev–Trinajstić information content (AvgIpc) is 3.14. The van der Waals surface area contributed by atoms with Gasteiger partial charge in [0.1, 0.15) is 5.82 Å². The number of carbonyl (C=O) groups excluding carboxylic acids is 1. The van der Waals surface area contributed by atoms with Crippen molar-refractivity contribution in [2.45, 2.75) is 62.4 Å². The number of amides is 1. The van der Waals surface area contributed by atoms with Crippen LogP contribution in [-0.4, -0.2) is 41.1 Å². The lowest BCUT2D eigenvalue weighted by Crippen LogP contribution is -2.56. The summed E-state index contributed by atoms with van der Waals surface area (Å²) in [5.41, 5.74) is 1.12. The summed E-state index contributed by atoms with van der Waals surface area (Å²) in [6.07, 6.45) is 10.1. The van der Waals surface area contributed by atoms with Crippen LogP contribution in [0.4, 0.5) is 4.39 Å². The zero-order chi connectivity index (χ0) is 23.1. The van der Waals surface area contributed by atoms with Crippen molar-refractivity contribution in [1.82, 2.24) is 9.88 Å². The molecule has 176 valence electrons. The quantitative estimate of drug-likeness (QED) is 0.523. The van der Waals surface area contributed by atoms with Crippen molar-refractivity contribution in [3.05, 3.63) is 77.9 Å². The molecular weight excluding hydrogens is 427 g/mol. The van der Waals surface area contributed by atoms with Gasteiger partial charge >= 0.3 is 0 Å². The molecular formula is C29H31FN2O2. The molecule has 6 rings (SSSR count). The molecule has 2 bridgehead atoms. The van der Waals surface area contributed by atoms with Gasteiger partial charge in [0.25, 0.3) is 0 Å². The lowest BCUT2D eigenvalue weighted by atomic mass is 9.71. The van der Waals surface area contributed by atoms with Crippen molar-refractivity contribution >= 4 is 16.7 Å². The van der Waals surface area contributed by atoms with Crippen LogP contribution in [-0.2, 0) is 21.4 Å². The van der Waals surface area contributed by atoms with Gasteiger partial charge in [-0.25, -0.2) is 4.39 Å². The second-order valence-electron chi connectivity index (χ2n) is 10.3. The maximum Gasteiger partial charge on any atom is 0.234 e. The first-order valence-corrected chi connectivity index (χ1v) is 12.6. The second kappa shape index (κ2) is 8.77. The van der Waals surface area contributed by atoms with Crippen molar-refractivity contribution in [1.29, 1.82) is 0 Å². The van der Waals surface area contributed by atoms with Crippen LogP contribution in [0.1, 0.15) is 49.7 Å². The predicted octanol–water partition coefficient (Wildman–Crippen LogP) is 5.43. The van der Waals surface area contributed by atoms with Crippen molar-refractivity contribution in [2.24, 2.45) is 5.92 Å². The predicted molar refractivity (Wildman–Crippen MR) is 130 cm³/mol. The number of carbonyl (C=O) groups is 1. The summed E-state index contributed by atoms with van der Waals surface area (Å²) >= 11 is 0. The molecule has 4 nitrogen and oxygen atoms in total. The maximum atomic E-state index is 15.0. The third-order valence-corrected chi connectivity index (χ3v) is 8.49. The topological polar surface area (TPSA) is 42.4 Å². The Balaban J connectivity index is 1.26. The minimum Gasteiger partial charge on any atom is -0.381 e. The molecule has 0 radical (unpaired) electrons. The first-order chi connectivity index (χ1) is 16.7. The zero-order valence-electron chi connectivity index (χ0n) is 19.5. The molecule has 0 unspecified atom stereocenters. The summed E-state index contributed by atoms with van der Waals surface area (Å²) < 4.78 is 20.6. The van der Waals surface area contributed by atoms with E-state index in [1.807, 2.05) is 24.5 Å². The third-order valence-electron chi connectivity index (χ3n) is 8.49. The third kappa shape index (κ3) is 3.61. The zero-order valence-corrected chi connectivity index (χ0v) is 19.5. The molecule has 3 saturated heterocycles. The molecule has 3 fully saturated rings. The monoisotopic (exact) mass is 458 g/mol. The SMILES string of the molecule is O=C(N1[C@H]2CC[C@H]1CC(Cc1cccc3cnccc13)C2)C1(c2ccccc2F)CCOCC1. The summed E-state index contributed by atoms with van der Waals surface area (Å²) in [7, 11) is 0. The van der Waals surface area contributed by atoms with Crippen molar-refractivity contribution in [3.63, 3.8) is 0 Å². The average molecular weight is 459 g/mol. The van der Waals surface area contributed by atoms with Gasteiger partial charge in [0.05, 0.1) is 5.41 Å². The number of piperidine rings is 1. The highest BCUT2D eigenvalue weighted by Crippen LogP contribution is 2.46. The lowest BCUT2D eigenvalue weighted by molar-refractivity contribution is -0.147. The van der Waals surface area contributed by atoms with E-state index in [4.69, 9.17) is 4.74 Å². The molecule has 3 aliphatic heterocycles. The normalized spacial score (nSPS) is 26.0. The fraction of sp³-hybridized carbons (Fsp3) is 0.448. The molecule has 0 aliphatic carbocycles. The number of rotatable bonds is 4. The van der Waals surface area contributed by atoms with Crippen LogP contribution in [0.25, 0.3) is 10.8 Å². The lowest BCUT2D eigenvalue weighted by Gasteiger charge is -2.46. The van der Waals surface area contributed by atoms with Gasteiger partial charge in [-0.1, -0.05) is 36.4 Å². The Morgan fingerprint density at radius 1 is 1.03 bits per heavy atom. The molecule has 2 aromatic carbocycles. The first-order valence-electron chi connectivity index (χ1n) is 12.6. The van der Waals surface area contributed by atoms with Crippen LogP contribution in [0.15, 0.2) is 60.9 Å². The standard InChI is InChI=1S/C29H31FN2O2/c30-27-7-2-1-6-26(27)29(11-14-34-15-12-29)28(33)32-23-8-9-24(32)18-20(17-23)16-21-4-3-5-22-19-31-13-10-25(21)22/h1-7,10,13,19-20,23-24H,8-9,11-12,14-18H2/t23-,24-/m0/s1. The Bertz CT molecular complexity index is 1190. The second-order valence-corrected chi connectivity index (χ2v) is 10.3. The number of nitrogens with zero attached hydrogens (tertiary/aromatic N) is 2. The highest BCUT2D eigenvalue weighted by molar-refractivity contribution is 5.89. The number of benzene rings is 2. The number of aromatic nitrogens is 1. The number of fused-ring (bicyclic) bond motifs is 3. The van der Waals surface area contributed by atoms with Crippen LogP contribution in [0.3, 0.4) is 0 Å². The van der Waals surface area contributed by atoms with Gasteiger partial charge in [0.2, 0.25) is 5.91 Å². The summed E-state index contributed by atoms with van der Waals surface area (Å²) in [4.78, 5) is 20.7. The summed E-state index contributed by atoms with van der Waals surface area (Å²) in [5.74, 6) is 0.410. The molecule has 3 aromatic rings. The minimum absolute atomic E-state index is 0.128. The van der Waals surface area contributed by atoms with E-state index in [1.54, 1.807) is 6.07 Å². The van der Waals surface area contributed by atoms with E-state index in [2.05, 4.69) is 34.1 Å². The molecule has 1 amide bonds. The fourth-order valence-electron chi connectivity index (χ4n) is 6.88. The Kier molecular flexibility index (Phi) is 5.60. The molecule has 34 heavy (non-hydrogen) atoms. The van der Waals surface area contributed by atoms with E-state index in [-0.39, 0.29) is 23.8 Å². The van der Waals surface area contributed by atoms with E-state index in [9.17, 15) is 9.18 Å². The molecule has 1 aromatic heterocycles. The van der Waals surface area contributed by atoms with Gasteiger partial charge in [0.15, 0.2) is 0 Å². The Morgan fingerprint density at radius 2 is 1.79 bits per heavy atom. The number of pyridine rings is 1. The Hall–Kier alpha value is -2.79. The molecule has 5 heteroatoms. The minimum atomic E-state index is -0.806. The van der Waals surface area contributed by atoms with Gasteiger partial charge in [-0.2, -0.15) is 0 Å². The first kappa shape index (κ1) is 21.7. The van der Waals surface area contributed by atoms with E-state index >= 15 is 0 Å². The molecule has 4 heterocycles. The highest BCUT2D eigenvalue weighted by atomic mass is 19.1. The van der Waals surface area contributed by atoms with Gasteiger partial charge in [-0.05, 0) is 73.9 Å². The molecule has 0 N–H and O–H groups in total. The summed E-state index contributed by atoms with van der Waals surface area (Å²) in [5, 5.41) is 2.46. The molecule has 3 aliphatic rings. The van der Waals surface area contributed by atoms with E-state index in [0.29, 0.717) is 37.5 Å². The Morgan fingerprint density at radius 3 is 2.56 bits per heavy atom. The van der Waals surface area contributed by atoms with Gasteiger partial charge in [-0.3, -0.25) is 9.78 Å². The number of hydrogen-bond donors (Lipinski definition) is 0. The van der Waals surface area contributed by atoms with Crippen molar-refractivity contribution in [3.8, 4) is 0 Å². The molecule has 2 atom stereocenters. The number of ether oxygens (including phenoxy) is 1. The van der Waals surface area contributed by atoms with Crippen LogP contribution < -0.4 is 0 Å². The number of hydrogen-bond acceptors (Lipinski definition) is 3. The van der Waals surface area contributed by atoms with E-state index < -0.39 is 5.41 Å². The maximum absolute atomic E-state index is 15.0. The smallest absolute Gasteiger partial charge is 0.234 e. The van der Waals surface area contributed by atoms with Crippen LogP contribution in [0.2, 0.25) is 0 Å². The van der Waals surface area contributed by atoms with E-state index in [0.717, 1.165) is 32.1 Å². The van der Waals surface area contributed by atoms with Crippen molar-refractivity contribution < 1.29 is 13.9 Å². The highest BCUT2D eigenvalue weighted by Gasteiger charge is 2.52. The largest absolute Gasteiger partial charge is 0.381 e.